The fourth-order valence-corrected chi connectivity index (χ4v) is 13.5. The Bertz CT molecular complexity index is 5050. The van der Waals surface area contributed by atoms with Gasteiger partial charge >= 0.3 is 19.3 Å². The molecular weight excluding hydrogens is 1390 g/mol. The van der Waals surface area contributed by atoms with Gasteiger partial charge in [0.15, 0.2) is 0 Å². The van der Waals surface area contributed by atoms with E-state index < -0.39 is 18.3 Å². The van der Waals surface area contributed by atoms with Crippen molar-refractivity contribution in [2.24, 2.45) is 9.98 Å². The second kappa shape index (κ2) is 35.0. The van der Waals surface area contributed by atoms with Crippen molar-refractivity contribution in [3.05, 3.63) is 219 Å². The molecule has 2 amide bonds. The van der Waals surface area contributed by atoms with Crippen molar-refractivity contribution in [1.82, 2.24) is 40.0 Å². The molecule has 0 bridgehead atoms. The molecule has 0 unspecified atom stereocenters. The van der Waals surface area contributed by atoms with Crippen LogP contribution in [-0.2, 0) is 42.1 Å². The molecule has 10 aromatic rings. The third-order valence-corrected chi connectivity index (χ3v) is 19.2. The van der Waals surface area contributed by atoms with Crippen molar-refractivity contribution in [2.45, 2.75) is 92.3 Å². The Hall–Kier alpha value is -11.3. The van der Waals surface area contributed by atoms with Crippen LogP contribution < -0.4 is 40.5 Å². The van der Waals surface area contributed by atoms with Crippen molar-refractivity contribution in [2.75, 3.05) is 107 Å². The van der Waals surface area contributed by atoms with Crippen LogP contribution in [0.25, 0.3) is 44.7 Å². The number of hydrogen-bond acceptors (Lipinski definition) is 21. The number of amides is 2. The lowest BCUT2D eigenvalue weighted by Crippen LogP contribution is -2.50. The van der Waals surface area contributed by atoms with Gasteiger partial charge in [0.05, 0.1) is 84.6 Å². The first kappa shape index (κ1) is 78.3. The van der Waals surface area contributed by atoms with Gasteiger partial charge in [0, 0.05) is 133 Å². The Morgan fingerprint density at radius 3 is 1.54 bits per heavy atom. The molecule has 15 rings (SSSR count). The van der Waals surface area contributed by atoms with Gasteiger partial charge in [-0.25, -0.2) is 24.5 Å². The number of piperazine rings is 3. The molecule has 0 aliphatic carbocycles. The molecule has 5 aliphatic rings. The Balaban J connectivity index is 0.000000144. The first-order valence-electron chi connectivity index (χ1n) is 37.0. The number of pyridine rings is 3. The number of anilines is 3. The number of rotatable bonds is 14. The first-order valence-corrected chi connectivity index (χ1v) is 37.0. The average Bonchev–Trinajstić information content (AvgIpc) is 1.63. The predicted molar refractivity (Wildman–Crippen MR) is 431 cm³/mol. The van der Waals surface area contributed by atoms with Crippen molar-refractivity contribution in [1.29, 1.82) is 0 Å². The van der Waals surface area contributed by atoms with Gasteiger partial charge in [-0.2, -0.15) is 0 Å². The molecule has 8 N–H and O–H groups in total. The number of nitrogens with one attached hydrogen (secondary N) is 3. The number of fused-ring (bicyclic) bond motifs is 3. The summed E-state index contributed by atoms with van der Waals surface area (Å²) in [4.78, 5) is 77.5. The number of benzene rings is 6. The number of aryl methyl sites for hydroxylation is 1. The molecule has 5 aliphatic heterocycles. The van der Waals surface area contributed by atoms with E-state index in [0.29, 0.717) is 66.8 Å². The number of H-pyrrole nitrogens is 2. The highest BCUT2D eigenvalue weighted by atomic mass is 16.6. The molecule has 3 saturated heterocycles. The number of aliphatic hydroxyl groups excluding tert-OH is 3. The summed E-state index contributed by atoms with van der Waals surface area (Å²) in [7, 11) is 1.77. The molecular formula is C84H96BN13O12. The van der Waals surface area contributed by atoms with E-state index in [1.807, 2.05) is 115 Å². The predicted octanol–water partition coefficient (Wildman–Crippen LogP) is 10.5. The highest BCUT2D eigenvalue weighted by molar-refractivity contribution is 6.58. The van der Waals surface area contributed by atoms with Crippen LogP contribution in [-0.4, -0.2) is 195 Å². The molecule has 4 aromatic heterocycles. The molecule has 110 heavy (non-hydrogen) atoms. The van der Waals surface area contributed by atoms with Crippen molar-refractivity contribution in [3.8, 4) is 45.4 Å². The summed E-state index contributed by atoms with van der Waals surface area (Å²) in [6, 6.07) is 46.9. The van der Waals surface area contributed by atoms with Crippen LogP contribution >= 0.6 is 0 Å². The van der Waals surface area contributed by atoms with Crippen LogP contribution in [0.5, 0.6) is 11.8 Å². The van der Waals surface area contributed by atoms with Gasteiger partial charge in [-0.15, -0.1) is 0 Å². The van der Waals surface area contributed by atoms with Gasteiger partial charge in [0.1, 0.15) is 17.0 Å². The summed E-state index contributed by atoms with van der Waals surface area (Å²) < 4.78 is 22.0. The Kier molecular flexibility index (Phi) is 24.9. The van der Waals surface area contributed by atoms with E-state index in [9.17, 15) is 24.6 Å². The quantitative estimate of drug-likeness (QED) is 0.0469. The second-order valence-electron chi connectivity index (χ2n) is 29.5. The molecule has 9 heterocycles. The zero-order valence-electron chi connectivity index (χ0n) is 63.8. The number of aliphatic hydroxyl groups is 3. The summed E-state index contributed by atoms with van der Waals surface area (Å²) in [6.45, 7) is 22.7. The number of hydrogen-bond donors (Lipinski definition) is 8. The summed E-state index contributed by atoms with van der Waals surface area (Å²) in [5.41, 5.74) is 19.9. The van der Waals surface area contributed by atoms with Gasteiger partial charge < -0.3 is 84.1 Å². The number of imidazole rings is 1. The largest absolute Gasteiger partial charge is 0.488 e. The third-order valence-electron chi connectivity index (χ3n) is 19.2. The zero-order chi connectivity index (χ0) is 77.8. The minimum Gasteiger partial charge on any atom is -0.481 e. The van der Waals surface area contributed by atoms with E-state index in [-0.39, 0.29) is 37.6 Å². The highest BCUT2D eigenvalue weighted by Gasteiger charge is 2.30. The second-order valence-corrected chi connectivity index (χ2v) is 29.5. The topological polar surface area (TPSA) is 312 Å². The van der Waals surface area contributed by atoms with E-state index in [4.69, 9.17) is 49.1 Å². The minimum atomic E-state index is -1.46. The number of ether oxygens (including phenoxy) is 4. The highest BCUT2D eigenvalue weighted by Crippen LogP contribution is 2.38. The lowest BCUT2D eigenvalue weighted by Gasteiger charge is -2.36. The first-order chi connectivity index (χ1) is 52.9. The summed E-state index contributed by atoms with van der Waals surface area (Å²) >= 11 is 0. The van der Waals surface area contributed by atoms with Crippen molar-refractivity contribution < 1.29 is 53.9 Å². The van der Waals surface area contributed by atoms with Crippen LogP contribution in [0, 0.1) is 6.92 Å². The van der Waals surface area contributed by atoms with Gasteiger partial charge in [0.25, 0.3) is 5.56 Å². The molecule has 0 spiro atoms. The van der Waals surface area contributed by atoms with E-state index in [1.54, 1.807) is 66.9 Å². The molecule has 0 atom stereocenters. The number of nitrogens with zero attached hydrogens (tertiary/aromatic N) is 10. The summed E-state index contributed by atoms with van der Waals surface area (Å²) in [5, 5.41) is 48.4. The molecule has 6 aromatic carbocycles. The minimum absolute atomic E-state index is 0.0124. The maximum absolute atomic E-state index is 12.6. The average molecular weight is 1490 g/mol. The lowest BCUT2D eigenvalue weighted by atomic mass is 9.80. The number of aromatic nitrogens is 5. The molecule has 26 heteroatoms. The van der Waals surface area contributed by atoms with Crippen LogP contribution in [0.4, 0.5) is 38.0 Å². The fraction of sp³-hybridized carbons (Fsp3) is 0.333. The maximum Gasteiger partial charge on any atom is 0.488 e. The van der Waals surface area contributed by atoms with Crippen LogP contribution in [0.2, 0.25) is 0 Å². The van der Waals surface area contributed by atoms with Gasteiger partial charge in [-0.3, -0.25) is 14.8 Å². The lowest BCUT2D eigenvalue weighted by molar-refractivity contribution is 0.0230. The Morgan fingerprint density at radius 2 is 1.00 bits per heavy atom. The normalized spacial score (nSPS) is 14.7. The number of carbonyl (C=O) groups excluding carboxylic acids is 2. The van der Waals surface area contributed by atoms with Crippen molar-refractivity contribution in [3.63, 3.8) is 0 Å². The molecule has 0 saturated carbocycles. The zero-order valence-corrected chi connectivity index (χ0v) is 63.8. The summed E-state index contributed by atoms with van der Waals surface area (Å²) in [6.07, 6.45) is 6.20. The van der Waals surface area contributed by atoms with Gasteiger partial charge in [-0.1, -0.05) is 72.8 Å². The molecule has 572 valence electrons. The molecule has 3 fully saturated rings. The van der Waals surface area contributed by atoms with Crippen LogP contribution in [0.1, 0.15) is 86.1 Å². The summed E-state index contributed by atoms with van der Waals surface area (Å²) in [5.74, 6) is 1.75. The number of carbonyl (C=O) groups is 2. The molecule has 0 radical (unpaired) electrons. The Morgan fingerprint density at radius 1 is 0.518 bits per heavy atom. The number of methoxy groups -OCH3 is 2. The van der Waals surface area contributed by atoms with E-state index in [0.717, 1.165) is 160 Å². The van der Waals surface area contributed by atoms with E-state index >= 15 is 0 Å². The van der Waals surface area contributed by atoms with Crippen LogP contribution in [0.3, 0.4) is 0 Å². The van der Waals surface area contributed by atoms with Gasteiger partial charge in [-0.05, 0) is 177 Å². The van der Waals surface area contributed by atoms with Crippen LogP contribution in [0.15, 0.2) is 179 Å². The SMILES string of the molecule is COc1ncc(-c2cccc(CO)c2)cc1-c1nc2ccc(N3CCN(C(=O)OC(C)(C)C)CC3)cc2[nH]1.COc1ncc(C)cc1C1=Nc2cc(N3CCN(C(=O)OC(C)(C)C)CC3)ccc2C1.O=c1[nH]cc(-c2cccc(CO)c2)cc1C1=Nc2cc(N3CCNCC3)ccc2C1.OCc1cccc(B(O)O)c1. The van der Waals surface area contributed by atoms with E-state index in [1.165, 1.54) is 11.3 Å². The smallest absolute Gasteiger partial charge is 0.481 e. The number of aromatic amines is 2. The van der Waals surface area contributed by atoms with E-state index in [2.05, 4.69) is 94.5 Å². The Labute approximate surface area is 640 Å². The van der Waals surface area contributed by atoms with Crippen molar-refractivity contribution >= 4 is 75.7 Å². The standard InChI is InChI=1S/C29H33N5O4.C24H30N4O3.C24H24N4O2.C7H9BO3/c1-29(2,3)38-28(36)34-12-10-33(11-13-34)22-8-9-24-25(16-22)32-26(31-24)23-15-21(17-30-27(23)37-4)20-7-5-6-19(14-20)18-35;1-16-12-19(22(30-5)25-15-16)21-13-17-6-7-18(14-20(17)26-21)27-8-10-28(11-9-27)23(29)31-24(2,3)4;29-15-16-2-1-3-17(10-16)19-11-21(24(30)26-14-19)23-12-18-4-5-20(13-22(18)27-23)28-8-6-25-7-9-28;9-5-6-2-1-3-7(4-6)8(10)11/h5-9,14-17,35H,10-13,18H2,1-4H3,(H,31,32);6-7,12,14-15H,8-11,13H2,1-5H3;1-5,10-11,13-14,25,29H,6-9,12,15H2,(H,26,30);1-4,9-11H,5H2. The number of aliphatic imine (C=N–C) groups is 2. The maximum atomic E-state index is 12.6. The van der Waals surface area contributed by atoms with Gasteiger partial charge in [0.2, 0.25) is 11.8 Å². The monoisotopic (exact) mass is 1490 g/mol. The molecule has 25 nitrogen and oxygen atoms in total. The fourth-order valence-electron chi connectivity index (χ4n) is 13.5. The third kappa shape index (κ3) is 19.6.